The van der Waals surface area contributed by atoms with Crippen LogP contribution in [0.2, 0.25) is 0 Å². The summed E-state index contributed by atoms with van der Waals surface area (Å²) in [5.41, 5.74) is 6.74. The molecule has 0 saturated carbocycles. The molecule has 1 fully saturated rings. The van der Waals surface area contributed by atoms with Crippen molar-refractivity contribution in [3.63, 3.8) is 0 Å². The summed E-state index contributed by atoms with van der Waals surface area (Å²) in [4.78, 5) is 38.5. The van der Waals surface area contributed by atoms with Crippen molar-refractivity contribution in [3.8, 4) is 11.3 Å². The molecule has 2 aromatic heterocycles. The summed E-state index contributed by atoms with van der Waals surface area (Å²) in [6.07, 6.45) is 5.31. The van der Waals surface area contributed by atoms with E-state index in [-0.39, 0.29) is 17.4 Å². The molecule has 1 aliphatic heterocycles. The van der Waals surface area contributed by atoms with E-state index in [4.69, 9.17) is 9.72 Å². The minimum absolute atomic E-state index is 0.0214. The molecule has 0 spiro atoms. The average Bonchev–Trinajstić information content (AvgIpc) is 3.54. The van der Waals surface area contributed by atoms with Gasteiger partial charge in [0, 0.05) is 73.0 Å². The van der Waals surface area contributed by atoms with Gasteiger partial charge in [0.2, 0.25) is 0 Å². The maximum absolute atomic E-state index is 13.0. The quantitative estimate of drug-likeness (QED) is 0.203. The Labute approximate surface area is 269 Å². The zero-order chi connectivity index (χ0) is 32.3. The zero-order valence-corrected chi connectivity index (χ0v) is 26.7. The highest BCUT2D eigenvalue weighted by atomic mass is 16.6. The SMILES string of the molecule is CCOC(=O)N1CCN(c2ccc(Nc3nc(-c4cccc(NC(=O)c5ccc(C(C)(C)C)cc5)c4)cn4ccnc34)cc2)CC1. The van der Waals surface area contributed by atoms with Gasteiger partial charge in [0.05, 0.1) is 12.3 Å². The van der Waals surface area contributed by atoms with E-state index in [1.165, 1.54) is 5.56 Å². The Morgan fingerprint density at radius 2 is 1.65 bits per heavy atom. The van der Waals surface area contributed by atoms with E-state index in [1.807, 2.05) is 84.4 Å². The van der Waals surface area contributed by atoms with Crippen molar-refractivity contribution in [3.05, 3.63) is 103 Å². The summed E-state index contributed by atoms with van der Waals surface area (Å²) in [6.45, 7) is 11.4. The zero-order valence-electron chi connectivity index (χ0n) is 26.7. The van der Waals surface area contributed by atoms with Gasteiger partial charge < -0.3 is 29.6 Å². The fraction of sp³-hybridized carbons (Fsp3) is 0.278. The third kappa shape index (κ3) is 6.81. The molecule has 3 aromatic carbocycles. The fourth-order valence-electron chi connectivity index (χ4n) is 5.49. The normalized spacial score (nSPS) is 13.5. The number of amides is 2. The highest BCUT2D eigenvalue weighted by Crippen LogP contribution is 2.28. The first-order chi connectivity index (χ1) is 22.2. The Hall–Kier alpha value is -5.38. The van der Waals surface area contributed by atoms with Crippen molar-refractivity contribution in [1.29, 1.82) is 0 Å². The van der Waals surface area contributed by atoms with E-state index in [9.17, 15) is 9.59 Å². The van der Waals surface area contributed by atoms with Gasteiger partial charge in [-0.05, 0) is 66.4 Å². The number of piperazine rings is 1. The van der Waals surface area contributed by atoms with Crippen LogP contribution in [0, 0.1) is 0 Å². The van der Waals surface area contributed by atoms with Crippen LogP contribution in [0.15, 0.2) is 91.4 Å². The molecule has 0 radical (unpaired) electrons. The van der Waals surface area contributed by atoms with Gasteiger partial charge in [0.25, 0.3) is 5.91 Å². The fourth-order valence-corrected chi connectivity index (χ4v) is 5.49. The van der Waals surface area contributed by atoms with Crippen molar-refractivity contribution < 1.29 is 14.3 Å². The van der Waals surface area contributed by atoms with Crippen LogP contribution < -0.4 is 15.5 Å². The number of rotatable bonds is 7. The first kappa shape index (κ1) is 30.6. The Kier molecular flexibility index (Phi) is 8.61. The number of carbonyl (C=O) groups excluding carboxylic acids is 2. The lowest BCUT2D eigenvalue weighted by atomic mass is 9.87. The molecular formula is C36H39N7O3. The van der Waals surface area contributed by atoms with Gasteiger partial charge in [-0.3, -0.25) is 4.79 Å². The summed E-state index contributed by atoms with van der Waals surface area (Å²) in [5, 5.41) is 6.47. The molecule has 236 valence electrons. The summed E-state index contributed by atoms with van der Waals surface area (Å²) in [6, 6.07) is 23.6. The molecular weight excluding hydrogens is 578 g/mol. The standard InChI is InChI=1S/C36H39N7O3/c1-5-46-35(45)42-21-19-41(20-22-42)30-15-13-28(14-16-30)38-32-33-37-17-18-43(33)24-31(40-32)26-7-6-8-29(23-26)39-34(44)25-9-11-27(12-10-25)36(2,3)4/h6-18,23-24H,5,19-22H2,1-4H3,(H,38,40)(H,39,44). The molecule has 1 aliphatic rings. The van der Waals surface area contributed by atoms with Gasteiger partial charge in [-0.1, -0.05) is 45.0 Å². The first-order valence-corrected chi connectivity index (χ1v) is 15.6. The van der Waals surface area contributed by atoms with Gasteiger partial charge >= 0.3 is 6.09 Å². The Morgan fingerprint density at radius 3 is 2.35 bits per heavy atom. The van der Waals surface area contributed by atoms with E-state index >= 15 is 0 Å². The number of fused-ring (bicyclic) bond motifs is 1. The molecule has 2 N–H and O–H groups in total. The Balaban J connectivity index is 1.16. The van der Waals surface area contributed by atoms with Crippen molar-refractivity contribution in [2.24, 2.45) is 0 Å². The van der Waals surface area contributed by atoms with E-state index in [0.717, 1.165) is 35.7 Å². The van der Waals surface area contributed by atoms with Crippen LogP contribution in [-0.2, 0) is 10.2 Å². The lowest BCUT2D eigenvalue weighted by Gasteiger charge is -2.35. The average molecular weight is 618 g/mol. The van der Waals surface area contributed by atoms with Gasteiger partial charge in [-0.25, -0.2) is 14.8 Å². The molecule has 3 heterocycles. The summed E-state index contributed by atoms with van der Waals surface area (Å²) in [5.74, 6) is 0.453. The third-order valence-electron chi connectivity index (χ3n) is 8.10. The molecule has 10 nitrogen and oxygen atoms in total. The van der Waals surface area contributed by atoms with Crippen LogP contribution in [0.3, 0.4) is 0 Å². The molecule has 6 rings (SSSR count). The maximum Gasteiger partial charge on any atom is 0.409 e. The minimum atomic E-state index is -0.250. The lowest BCUT2D eigenvalue weighted by Crippen LogP contribution is -2.49. The number of ether oxygens (including phenoxy) is 1. The molecule has 0 bridgehead atoms. The van der Waals surface area contributed by atoms with E-state index in [0.29, 0.717) is 42.4 Å². The molecule has 10 heteroatoms. The monoisotopic (exact) mass is 617 g/mol. The highest BCUT2D eigenvalue weighted by molar-refractivity contribution is 6.04. The van der Waals surface area contributed by atoms with E-state index < -0.39 is 0 Å². The van der Waals surface area contributed by atoms with E-state index in [2.05, 4.69) is 53.4 Å². The molecule has 5 aromatic rings. The first-order valence-electron chi connectivity index (χ1n) is 15.6. The topological polar surface area (TPSA) is 104 Å². The number of carbonyl (C=O) groups is 2. The van der Waals surface area contributed by atoms with Crippen molar-refractivity contribution in [1.82, 2.24) is 19.3 Å². The maximum atomic E-state index is 13.0. The smallest absolute Gasteiger partial charge is 0.409 e. The van der Waals surface area contributed by atoms with Gasteiger partial charge in [0.1, 0.15) is 0 Å². The third-order valence-corrected chi connectivity index (χ3v) is 8.10. The summed E-state index contributed by atoms with van der Waals surface area (Å²) in [7, 11) is 0. The number of nitrogens with one attached hydrogen (secondary N) is 2. The van der Waals surface area contributed by atoms with Crippen molar-refractivity contribution >= 4 is 40.5 Å². The Morgan fingerprint density at radius 1 is 0.913 bits per heavy atom. The number of imidazole rings is 1. The number of hydrogen-bond donors (Lipinski definition) is 2. The molecule has 1 saturated heterocycles. The molecule has 0 unspecified atom stereocenters. The number of benzene rings is 3. The number of nitrogens with zero attached hydrogens (tertiary/aromatic N) is 5. The van der Waals surface area contributed by atoms with Gasteiger partial charge in [0.15, 0.2) is 11.5 Å². The number of aromatic nitrogens is 3. The Bertz CT molecular complexity index is 1830. The molecule has 2 amide bonds. The number of anilines is 4. The minimum Gasteiger partial charge on any atom is -0.450 e. The van der Waals surface area contributed by atoms with E-state index in [1.54, 1.807) is 11.1 Å². The summed E-state index contributed by atoms with van der Waals surface area (Å²) >= 11 is 0. The molecule has 46 heavy (non-hydrogen) atoms. The van der Waals surface area contributed by atoms with Gasteiger partial charge in [-0.2, -0.15) is 0 Å². The predicted octanol–water partition coefficient (Wildman–Crippen LogP) is 6.97. The lowest BCUT2D eigenvalue weighted by molar-refractivity contribution is 0.102. The van der Waals surface area contributed by atoms with Crippen LogP contribution in [0.25, 0.3) is 16.9 Å². The van der Waals surface area contributed by atoms with Crippen LogP contribution in [-0.4, -0.2) is 64.1 Å². The highest BCUT2D eigenvalue weighted by Gasteiger charge is 2.22. The predicted molar refractivity (Wildman–Crippen MR) is 182 cm³/mol. The van der Waals surface area contributed by atoms with Crippen LogP contribution in [0.4, 0.5) is 27.7 Å². The van der Waals surface area contributed by atoms with Crippen LogP contribution in [0.5, 0.6) is 0 Å². The van der Waals surface area contributed by atoms with Crippen LogP contribution >= 0.6 is 0 Å². The van der Waals surface area contributed by atoms with Crippen molar-refractivity contribution in [2.75, 3.05) is 48.3 Å². The second-order valence-corrected chi connectivity index (χ2v) is 12.3. The second-order valence-electron chi connectivity index (χ2n) is 12.3. The van der Waals surface area contributed by atoms with Crippen LogP contribution in [0.1, 0.15) is 43.6 Å². The summed E-state index contributed by atoms with van der Waals surface area (Å²) < 4.78 is 7.07. The molecule has 0 aliphatic carbocycles. The second kappa shape index (κ2) is 12.9. The van der Waals surface area contributed by atoms with Crippen molar-refractivity contribution in [2.45, 2.75) is 33.1 Å². The largest absolute Gasteiger partial charge is 0.450 e. The number of hydrogen-bond acceptors (Lipinski definition) is 7. The molecule has 0 atom stereocenters. The van der Waals surface area contributed by atoms with Gasteiger partial charge in [-0.15, -0.1) is 0 Å².